The van der Waals surface area contributed by atoms with Crippen LogP contribution in [0.2, 0.25) is 0 Å². The fourth-order valence-electron chi connectivity index (χ4n) is 2.49. The number of primary amides is 1. The van der Waals surface area contributed by atoms with Crippen LogP contribution in [-0.4, -0.2) is 24.3 Å². The van der Waals surface area contributed by atoms with E-state index in [4.69, 9.17) is 10.5 Å². The maximum atomic E-state index is 12.1. The summed E-state index contributed by atoms with van der Waals surface area (Å²) in [7, 11) is 0. The summed E-state index contributed by atoms with van der Waals surface area (Å²) in [5.74, 6) is -0.393. The number of anilines is 2. The zero-order valence-corrected chi connectivity index (χ0v) is 13.5. The summed E-state index contributed by atoms with van der Waals surface area (Å²) < 4.78 is 5.20. The fraction of sp³-hybridized carbons (Fsp3) is 0.167. The molecule has 1 aliphatic heterocycles. The van der Waals surface area contributed by atoms with Crippen molar-refractivity contribution in [2.75, 3.05) is 17.2 Å². The largest absolute Gasteiger partial charge is 0.485 e. The summed E-state index contributed by atoms with van der Waals surface area (Å²) in [4.78, 5) is 34.9. The van der Waals surface area contributed by atoms with Gasteiger partial charge in [0.2, 0.25) is 11.7 Å². The minimum atomic E-state index is -0.443. The number of ketones is 1. The molecule has 0 aliphatic carbocycles. The third-order valence-electron chi connectivity index (χ3n) is 3.99. The van der Waals surface area contributed by atoms with Crippen molar-refractivity contribution in [1.82, 2.24) is 0 Å². The predicted octanol–water partition coefficient (Wildman–Crippen LogP) is 2.49. The smallest absolute Gasteiger partial charge is 0.323 e. The van der Waals surface area contributed by atoms with Crippen molar-refractivity contribution in [1.29, 1.82) is 0 Å². The van der Waals surface area contributed by atoms with Crippen molar-refractivity contribution in [2.24, 2.45) is 5.73 Å². The van der Waals surface area contributed by atoms with Crippen molar-refractivity contribution in [3.05, 3.63) is 53.6 Å². The molecular formula is C18H17N3O4. The second-order valence-corrected chi connectivity index (χ2v) is 5.75. The highest BCUT2D eigenvalue weighted by Crippen LogP contribution is 2.28. The Morgan fingerprint density at radius 3 is 2.40 bits per heavy atom. The topological polar surface area (TPSA) is 111 Å². The van der Waals surface area contributed by atoms with E-state index in [1.807, 2.05) is 0 Å². The number of carbonyl (C=O) groups excluding carboxylic acids is 3. The predicted molar refractivity (Wildman–Crippen MR) is 93.0 cm³/mol. The van der Waals surface area contributed by atoms with E-state index in [0.717, 1.165) is 5.56 Å². The quantitative estimate of drug-likeness (QED) is 0.794. The van der Waals surface area contributed by atoms with Crippen LogP contribution in [0, 0.1) is 0 Å². The monoisotopic (exact) mass is 339 g/mol. The highest BCUT2D eigenvalue weighted by molar-refractivity contribution is 6.05. The molecule has 1 heterocycles. The Morgan fingerprint density at radius 2 is 1.72 bits per heavy atom. The molecule has 0 saturated carbocycles. The van der Waals surface area contributed by atoms with Gasteiger partial charge < -0.3 is 21.1 Å². The van der Waals surface area contributed by atoms with E-state index in [1.165, 1.54) is 0 Å². The van der Waals surface area contributed by atoms with Crippen LogP contribution in [-0.2, 0) is 4.79 Å². The minimum Gasteiger partial charge on any atom is -0.485 e. The summed E-state index contributed by atoms with van der Waals surface area (Å²) in [5, 5.41) is 5.35. The zero-order chi connectivity index (χ0) is 18.0. The molecule has 0 aromatic heterocycles. The van der Waals surface area contributed by atoms with Crippen molar-refractivity contribution in [2.45, 2.75) is 12.8 Å². The SMILES string of the molecule is CC(C(N)=O)c1ccc(NC(=O)Nc2ccc3c(c2)C(=O)CO3)cc1. The van der Waals surface area contributed by atoms with Crippen molar-refractivity contribution in [3.63, 3.8) is 0 Å². The number of nitrogens with two attached hydrogens (primary N) is 1. The zero-order valence-electron chi connectivity index (χ0n) is 13.5. The molecule has 7 heteroatoms. The third kappa shape index (κ3) is 3.60. The van der Waals surface area contributed by atoms with Crippen LogP contribution in [0.4, 0.5) is 16.2 Å². The van der Waals surface area contributed by atoms with Gasteiger partial charge in [-0.1, -0.05) is 12.1 Å². The van der Waals surface area contributed by atoms with Gasteiger partial charge in [-0.15, -0.1) is 0 Å². The highest BCUT2D eigenvalue weighted by atomic mass is 16.5. The van der Waals surface area contributed by atoms with Crippen LogP contribution in [0.15, 0.2) is 42.5 Å². The lowest BCUT2D eigenvalue weighted by molar-refractivity contribution is -0.119. The average Bonchev–Trinajstić information content (AvgIpc) is 2.95. The highest BCUT2D eigenvalue weighted by Gasteiger charge is 2.21. The second kappa shape index (κ2) is 6.64. The molecule has 1 atom stereocenters. The first kappa shape index (κ1) is 16.5. The van der Waals surface area contributed by atoms with E-state index in [2.05, 4.69) is 10.6 Å². The number of ether oxygens (including phenoxy) is 1. The van der Waals surface area contributed by atoms with E-state index >= 15 is 0 Å². The van der Waals surface area contributed by atoms with Gasteiger partial charge in [0.25, 0.3) is 0 Å². The molecule has 1 unspecified atom stereocenters. The molecule has 1 aliphatic rings. The van der Waals surface area contributed by atoms with Gasteiger partial charge >= 0.3 is 6.03 Å². The van der Waals surface area contributed by atoms with E-state index in [9.17, 15) is 14.4 Å². The van der Waals surface area contributed by atoms with Crippen LogP contribution in [0.3, 0.4) is 0 Å². The van der Waals surface area contributed by atoms with Crippen LogP contribution in [0.5, 0.6) is 5.75 Å². The summed E-state index contributed by atoms with van der Waals surface area (Å²) in [5.41, 5.74) is 7.57. The Morgan fingerprint density at radius 1 is 1.08 bits per heavy atom. The first-order chi connectivity index (χ1) is 11.9. The Labute approximate surface area is 144 Å². The number of benzene rings is 2. The number of fused-ring (bicyclic) bond motifs is 1. The van der Waals surface area contributed by atoms with Gasteiger partial charge in [-0.3, -0.25) is 9.59 Å². The van der Waals surface area contributed by atoms with Crippen LogP contribution in [0.25, 0.3) is 0 Å². The van der Waals surface area contributed by atoms with Gasteiger partial charge in [-0.2, -0.15) is 0 Å². The summed E-state index contributed by atoms with van der Waals surface area (Å²) >= 11 is 0. The fourth-order valence-corrected chi connectivity index (χ4v) is 2.49. The lowest BCUT2D eigenvalue weighted by atomic mass is 10.0. The lowest BCUT2D eigenvalue weighted by Crippen LogP contribution is -2.20. The maximum Gasteiger partial charge on any atom is 0.323 e. The number of rotatable bonds is 4. The number of amides is 3. The molecule has 0 bridgehead atoms. The third-order valence-corrected chi connectivity index (χ3v) is 3.99. The van der Waals surface area contributed by atoms with Crippen LogP contribution in [0.1, 0.15) is 28.8 Å². The summed E-state index contributed by atoms with van der Waals surface area (Å²) in [6.07, 6.45) is 0. The van der Waals surface area contributed by atoms with E-state index in [-0.39, 0.29) is 12.4 Å². The first-order valence-electron chi connectivity index (χ1n) is 7.71. The average molecular weight is 339 g/mol. The Hall–Kier alpha value is -3.35. The van der Waals surface area contributed by atoms with Gasteiger partial charge in [-0.25, -0.2) is 4.79 Å². The van der Waals surface area contributed by atoms with Crippen molar-refractivity contribution < 1.29 is 19.1 Å². The molecule has 0 spiro atoms. The minimum absolute atomic E-state index is 0.0288. The lowest BCUT2D eigenvalue weighted by Gasteiger charge is -2.11. The molecular weight excluding hydrogens is 322 g/mol. The molecule has 0 saturated heterocycles. The molecule has 0 fully saturated rings. The molecule has 2 aromatic carbocycles. The van der Waals surface area contributed by atoms with E-state index in [1.54, 1.807) is 49.4 Å². The van der Waals surface area contributed by atoms with E-state index in [0.29, 0.717) is 22.7 Å². The molecule has 128 valence electrons. The molecule has 25 heavy (non-hydrogen) atoms. The van der Waals surface area contributed by atoms with Crippen molar-refractivity contribution >= 4 is 29.1 Å². The van der Waals surface area contributed by atoms with Gasteiger partial charge in [0.15, 0.2) is 6.61 Å². The standard InChI is InChI=1S/C18H17N3O4/c1-10(17(19)23)11-2-4-12(5-3-11)20-18(24)21-13-6-7-16-14(8-13)15(22)9-25-16/h2-8,10H,9H2,1H3,(H2,19,23)(H2,20,21,24). The molecule has 4 N–H and O–H groups in total. The number of nitrogens with one attached hydrogen (secondary N) is 2. The number of urea groups is 1. The maximum absolute atomic E-state index is 12.1. The van der Waals surface area contributed by atoms with Crippen LogP contribution >= 0.6 is 0 Å². The van der Waals surface area contributed by atoms with Gasteiger partial charge in [0.1, 0.15) is 5.75 Å². The Kier molecular flexibility index (Phi) is 4.38. The normalized spacial score (nSPS) is 13.6. The summed E-state index contributed by atoms with van der Waals surface area (Å²) in [6, 6.07) is 11.3. The number of hydrogen-bond donors (Lipinski definition) is 3. The Balaban J connectivity index is 1.64. The molecule has 3 rings (SSSR count). The number of Topliss-reactive ketones (excluding diaryl/α,β-unsaturated/α-hetero) is 1. The van der Waals surface area contributed by atoms with Crippen LogP contribution < -0.4 is 21.1 Å². The first-order valence-corrected chi connectivity index (χ1v) is 7.71. The number of carbonyl (C=O) groups is 3. The van der Waals surface area contributed by atoms with Gasteiger partial charge in [-0.05, 0) is 42.8 Å². The van der Waals surface area contributed by atoms with Crippen molar-refractivity contribution in [3.8, 4) is 5.75 Å². The second-order valence-electron chi connectivity index (χ2n) is 5.75. The molecule has 7 nitrogen and oxygen atoms in total. The molecule has 3 amide bonds. The Bertz CT molecular complexity index is 846. The molecule has 0 radical (unpaired) electrons. The van der Waals surface area contributed by atoms with E-state index < -0.39 is 17.9 Å². The molecule has 2 aromatic rings. The van der Waals surface area contributed by atoms with Gasteiger partial charge in [0.05, 0.1) is 11.5 Å². The van der Waals surface area contributed by atoms with Gasteiger partial charge in [0, 0.05) is 11.4 Å². The number of hydrogen-bond acceptors (Lipinski definition) is 4. The summed E-state index contributed by atoms with van der Waals surface area (Å²) in [6.45, 7) is 1.75.